The van der Waals surface area contributed by atoms with Crippen molar-refractivity contribution >= 4 is 5.97 Å². The van der Waals surface area contributed by atoms with Gasteiger partial charge < -0.3 is 15.2 Å². The lowest BCUT2D eigenvalue weighted by Gasteiger charge is -2.21. The number of benzene rings is 1. The van der Waals surface area contributed by atoms with Crippen molar-refractivity contribution in [1.29, 1.82) is 0 Å². The SMILES string of the molecule is CNC(CN(C)Cc1ccc2c(c1)CCO2)C(=O)O. The summed E-state index contributed by atoms with van der Waals surface area (Å²) in [7, 11) is 3.59. The number of hydrogen-bond donors (Lipinski definition) is 2. The molecule has 19 heavy (non-hydrogen) atoms. The largest absolute Gasteiger partial charge is 0.493 e. The van der Waals surface area contributed by atoms with Crippen molar-refractivity contribution in [3.05, 3.63) is 29.3 Å². The summed E-state index contributed by atoms with van der Waals surface area (Å²) in [4.78, 5) is 13.0. The Kier molecular flexibility index (Phi) is 4.39. The first-order valence-corrected chi connectivity index (χ1v) is 6.43. The van der Waals surface area contributed by atoms with Gasteiger partial charge in [-0.1, -0.05) is 12.1 Å². The minimum Gasteiger partial charge on any atom is -0.493 e. The van der Waals surface area contributed by atoms with Crippen LogP contribution in [-0.2, 0) is 17.8 Å². The third-order valence-electron chi connectivity index (χ3n) is 3.35. The second-order valence-corrected chi connectivity index (χ2v) is 4.92. The zero-order valence-electron chi connectivity index (χ0n) is 11.3. The predicted octanol–water partition coefficient (Wildman–Crippen LogP) is 0.726. The van der Waals surface area contributed by atoms with Gasteiger partial charge in [0.2, 0.25) is 0 Å². The highest BCUT2D eigenvalue weighted by Crippen LogP contribution is 2.26. The fraction of sp³-hybridized carbons (Fsp3) is 0.500. The van der Waals surface area contributed by atoms with Crippen molar-refractivity contribution in [2.75, 3.05) is 27.2 Å². The van der Waals surface area contributed by atoms with Gasteiger partial charge in [0.05, 0.1) is 6.61 Å². The normalized spacial score (nSPS) is 15.1. The number of nitrogens with zero attached hydrogens (tertiary/aromatic N) is 1. The number of fused-ring (bicyclic) bond motifs is 1. The summed E-state index contributed by atoms with van der Waals surface area (Å²) in [6, 6.07) is 5.64. The lowest BCUT2D eigenvalue weighted by Crippen LogP contribution is -2.43. The molecule has 0 fully saturated rings. The van der Waals surface area contributed by atoms with Crippen LogP contribution in [0.15, 0.2) is 18.2 Å². The van der Waals surface area contributed by atoms with E-state index in [-0.39, 0.29) is 0 Å². The van der Waals surface area contributed by atoms with E-state index >= 15 is 0 Å². The van der Waals surface area contributed by atoms with Crippen LogP contribution in [0.25, 0.3) is 0 Å². The first kappa shape index (κ1) is 13.8. The summed E-state index contributed by atoms with van der Waals surface area (Å²) in [6.07, 6.45) is 0.959. The van der Waals surface area contributed by atoms with Crippen LogP contribution in [0.4, 0.5) is 0 Å². The molecule has 0 bridgehead atoms. The molecule has 0 radical (unpaired) electrons. The van der Waals surface area contributed by atoms with Gasteiger partial charge >= 0.3 is 5.97 Å². The van der Waals surface area contributed by atoms with Crippen LogP contribution in [0, 0.1) is 0 Å². The molecule has 2 rings (SSSR count). The van der Waals surface area contributed by atoms with Gasteiger partial charge in [0.25, 0.3) is 0 Å². The molecule has 0 aliphatic carbocycles. The van der Waals surface area contributed by atoms with E-state index in [2.05, 4.69) is 11.4 Å². The highest BCUT2D eigenvalue weighted by atomic mass is 16.5. The van der Waals surface area contributed by atoms with Gasteiger partial charge in [-0.25, -0.2) is 0 Å². The molecule has 1 aliphatic rings. The molecule has 0 aromatic heterocycles. The zero-order valence-corrected chi connectivity index (χ0v) is 11.3. The number of hydrogen-bond acceptors (Lipinski definition) is 4. The molecule has 104 valence electrons. The molecule has 0 amide bonds. The Balaban J connectivity index is 1.95. The van der Waals surface area contributed by atoms with Gasteiger partial charge in [0.1, 0.15) is 11.8 Å². The topological polar surface area (TPSA) is 61.8 Å². The van der Waals surface area contributed by atoms with E-state index in [1.807, 2.05) is 24.1 Å². The first-order valence-electron chi connectivity index (χ1n) is 6.43. The number of rotatable bonds is 6. The highest BCUT2D eigenvalue weighted by Gasteiger charge is 2.18. The summed E-state index contributed by atoms with van der Waals surface area (Å²) in [5, 5.41) is 11.8. The maximum Gasteiger partial charge on any atom is 0.322 e. The number of aliphatic carboxylic acids is 1. The fourth-order valence-corrected chi connectivity index (χ4v) is 2.32. The molecule has 1 aromatic carbocycles. The zero-order chi connectivity index (χ0) is 13.8. The molecule has 0 saturated heterocycles. The molecular weight excluding hydrogens is 244 g/mol. The average Bonchev–Trinajstić information content (AvgIpc) is 2.82. The van der Waals surface area contributed by atoms with Crippen molar-refractivity contribution < 1.29 is 14.6 Å². The predicted molar refractivity (Wildman–Crippen MR) is 72.5 cm³/mol. The smallest absolute Gasteiger partial charge is 0.322 e. The Labute approximate surface area is 113 Å². The Morgan fingerprint density at radius 2 is 2.37 bits per heavy atom. The van der Waals surface area contributed by atoms with E-state index in [0.29, 0.717) is 6.54 Å². The number of carboxylic acid groups (broad SMARTS) is 1. The van der Waals surface area contributed by atoms with Crippen molar-refractivity contribution in [2.24, 2.45) is 0 Å². The van der Waals surface area contributed by atoms with Crippen LogP contribution in [-0.4, -0.2) is 49.3 Å². The van der Waals surface area contributed by atoms with E-state index in [4.69, 9.17) is 9.84 Å². The second kappa shape index (κ2) is 6.04. The number of nitrogens with one attached hydrogen (secondary N) is 1. The van der Waals surface area contributed by atoms with E-state index < -0.39 is 12.0 Å². The fourth-order valence-electron chi connectivity index (χ4n) is 2.32. The lowest BCUT2D eigenvalue weighted by molar-refractivity contribution is -0.139. The van der Waals surface area contributed by atoms with Crippen LogP contribution in [0.1, 0.15) is 11.1 Å². The molecule has 1 heterocycles. The molecular formula is C14H20N2O3. The van der Waals surface area contributed by atoms with Crippen molar-refractivity contribution in [3.8, 4) is 5.75 Å². The number of ether oxygens (including phenoxy) is 1. The second-order valence-electron chi connectivity index (χ2n) is 4.92. The van der Waals surface area contributed by atoms with Crippen molar-refractivity contribution in [1.82, 2.24) is 10.2 Å². The summed E-state index contributed by atoms with van der Waals surface area (Å²) < 4.78 is 5.47. The van der Waals surface area contributed by atoms with Crippen LogP contribution in [0.2, 0.25) is 0 Å². The molecule has 0 spiro atoms. The average molecular weight is 264 g/mol. The summed E-state index contributed by atoms with van der Waals surface area (Å²) in [5.41, 5.74) is 2.43. The van der Waals surface area contributed by atoms with E-state index in [1.165, 1.54) is 11.1 Å². The van der Waals surface area contributed by atoms with Crippen LogP contribution in [0.5, 0.6) is 5.75 Å². The summed E-state index contributed by atoms with van der Waals surface area (Å²) in [6.45, 7) is 1.97. The van der Waals surface area contributed by atoms with Crippen molar-refractivity contribution in [2.45, 2.75) is 19.0 Å². The Morgan fingerprint density at radius 3 is 3.05 bits per heavy atom. The summed E-state index contributed by atoms with van der Waals surface area (Å²) in [5.74, 6) is 0.154. The third kappa shape index (κ3) is 3.45. The standard InChI is InChI=1S/C14H20N2O3/c1-15-12(14(17)18)9-16(2)8-10-3-4-13-11(7-10)5-6-19-13/h3-4,7,12,15H,5-6,8-9H2,1-2H3,(H,17,18). The van der Waals surface area contributed by atoms with Gasteiger partial charge in [-0.2, -0.15) is 0 Å². The molecule has 1 aliphatic heterocycles. The number of carbonyl (C=O) groups is 1. The van der Waals surface area contributed by atoms with Gasteiger partial charge in [-0.15, -0.1) is 0 Å². The molecule has 5 heteroatoms. The maximum atomic E-state index is 11.0. The van der Waals surface area contributed by atoms with Crippen LogP contribution in [0.3, 0.4) is 0 Å². The minimum atomic E-state index is -0.822. The Hall–Kier alpha value is -1.59. The van der Waals surface area contributed by atoms with Crippen molar-refractivity contribution in [3.63, 3.8) is 0 Å². The van der Waals surface area contributed by atoms with Gasteiger partial charge in [-0.3, -0.25) is 9.69 Å². The molecule has 2 N–H and O–H groups in total. The van der Waals surface area contributed by atoms with Gasteiger partial charge in [0.15, 0.2) is 0 Å². The van der Waals surface area contributed by atoms with E-state index in [0.717, 1.165) is 25.3 Å². The van der Waals surface area contributed by atoms with Gasteiger partial charge in [-0.05, 0) is 31.3 Å². The molecule has 1 atom stereocenters. The third-order valence-corrected chi connectivity index (χ3v) is 3.35. The number of likely N-dealkylation sites (N-methyl/N-ethyl adjacent to an activating group) is 2. The Morgan fingerprint density at radius 1 is 1.58 bits per heavy atom. The molecule has 1 unspecified atom stereocenters. The highest BCUT2D eigenvalue weighted by molar-refractivity contribution is 5.73. The van der Waals surface area contributed by atoms with E-state index in [1.54, 1.807) is 7.05 Å². The lowest BCUT2D eigenvalue weighted by atomic mass is 10.1. The first-order chi connectivity index (χ1) is 9.10. The van der Waals surface area contributed by atoms with E-state index in [9.17, 15) is 4.79 Å². The quantitative estimate of drug-likeness (QED) is 0.793. The Bertz CT molecular complexity index is 462. The van der Waals surface area contributed by atoms with Crippen LogP contribution < -0.4 is 10.1 Å². The molecule has 5 nitrogen and oxygen atoms in total. The maximum absolute atomic E-state index is 11.0. The summed E-state index contributed by atoms with van der Waals surface area (Å²) >= 11 is 0. The van der Waals surface area contributed by atoms with Gasteiger partial charge in [0, 0.05) is 19.5 Å². The molecule has 0 saturated carbocycles. The monoisotopic (exact) mass is 264 g/mol. The minimum absolute atomic E-state index is 0.472. The molecule has 1 aromatic rings. The van der Waals surface area contributed by atoms with Crippen LogP contribution >= 0.6 is 0 Å². The number of carboxylic acids is 1.